The Balaban J connectivity index is 2.01. The Morgan fingerprint density at radius 1 is 1.53 bits per heavy atom. The fourth-order valence-electron chi connectivity index (χ4n) is 2.19. The monoisotopic (exact) mass is 344 g/mol. The molecule has 2 atom stereocenters. The summed E-state index contributed by atoms with van der Waals surface area (Å²) in [5.41, 5.74) is 0.876. The van der Waals surface area contributed by atoms with Gasteiger partial charge in [-0.25, -0.2) is 0 Å². The predicted molar refractivity (Wildman–Crippen MR) is 78.0 cm³/mol. The third-order valence-corrected chi connectivity index (χ3v) is 3.82. The molecule has 0 bridgehead atoms. The zero-order chi connectivity index (χ0) is 12.3. The quantitative estimate of drug-likeness (QED) is 0.810. The fourth-order valence-corrected chi connectivity index (χ4v) is 2.73. The minimum absolute atomic E-state index is 0.0541. The number of hydrogen-bond acceptors (Lipinski definition) is 2. The number of hydrogen-bond donors (Lipinski definition) is 2. The minimum atomic E-state index is -0.0541. The van der Waals surface area contributed by atoms with Gasteiger partial charge in [-0.1, -0.05) is 13.0 Å². The molecule has 4 heteroatoms. The van der Waals surface area contributed by atoms with Gasteiger partial charge >= 0.3 is 0 Å². The normalized spacial score (nSPS) is 24.4. The van der Waals surface area contributed by atoms with Crippen LogP contribution in [0.1, 0.15) is 19.8 Å². The summed E-state index contributed by atoms with van der Waals surface area (Å²) in [4.78, 5) is 12.1. The van der Waals surface area contributed by atoms with Crippen LogP contribution in [-0.4, -0.2) is 18.5 Å². The van der Waals surface area contributed by atoms with Crippen LogP contribution in [0.4, 0.5) is 5.69 Å². The zero-order valence-electron chi connectivity index (χ0n) is 9.87. The van der Waals surface area contributed by atoms with Gasteiger partial charge in [0.25, 0.3) is 0 Å². The average Bonchev–Trinajstić information content (AvgIpc) is 2.29. The van der Waals surface area contributed by atoms with E-state index in [1.807, 2.05) is 24.3 Å². The lowest BCUT2D eigenvalue weighted by Crippen LogP contribution is -2.48. The first-order chi connectivity index (χ1) is 8.16. The van der Waals surface area contributed by atoms with Crippen molar-refractivity contribution in [3.8, 4) is 0 Å². The minimum Gasteiger partial charge on any atom is -0.325 e. The van der Waals surface area contributed by atoms with Crippen LogP contribution in [0.3, 0.4) is 0 Å². The second-order valence-electron chi connectivity index (χ2n) is 4.55. The smallest absolute Gasteiger partial charge is 0.241 e. The molecule has 2 N–H and O–H groups in total. The van der Waals surface area contributed by atoms with E-state index in [0.717, 1.165) is 28.6 Å². The number of nitrogens with one attached hydrogen (secondary N) is 2. The molecule has 1 saturated heterocycles. The predicted octanol–water partition coefficient (Wildman–Crippen LogP) is 2.62. The third-order valence-electron chi connectivity index (χ3n) is 3.14. The molecule has 0 aliphatic carbocycles. The summed E-state index contributed by atoms with van der Waals surface area (Å²) in [6.45, 7) is 3.07. The summed E-state index contributed by atoms with van der Waals surface area (Å²) in [5, 5.41) is 6.27. The van der Waals surface area contributed by atoms with E-state index in [0.29, 0.717) is 5.92 Å². The summed E-state index contributed by atoms with van der Waals surface area (Å²) in [7, 11) is 0. The Labute approximate surface area is 116 Å². The molecule has 3 nitrogen and oxygen atoms in total. The summed E-state index contributed by atoms with van der Waals surface area (Å²) in [6.07, 6.45) is 2.28. The van der Waals surface area contributed by atoms with Crippen molar-refractivity contribution in [1.82, 2.24) is 5.32 Å². The summed E-state index contributed by atoms with van der Waals surface area (Å²) >= 11 is 2.24. The highest BCUT2D eigenvalue weighted by atomic mass is 127. The van der Waals surface area contributed by atoms with Crippen LogP contribution >= 0.6 is 22.6 Å². The second-order valence-corrected chi connectivity index (χ2v) is 5.80. The maximum atomic E-state index is 12.1. The number of anilines is 1. The van der Waals surface area contributed by atoms with Crippen molar-refractivity contribution in [2.45, 2.75) is 25.8 Å². The highest BCUT2D eigenvalue weighted by Crippen LogP contribution is 2.18. The number of rotatable bonds is 2. The molecule has 1 aromatic carbocycles. The highest BCUT2D eigenvalue weighted by molar-refractivity contribution is 14.1. The number of benzene rings is 1. The molecule has 1 amide bonds. The molecule has 2 unspecified atom stereocenters. The molecule has 0 aromatic heterocycles. The molecule has 17 heavy (non-hydrogen) atoms. The topological polar surface area (TPSA) is 41.1 Å². The molecule has 1 aliphatic heterocycles. The van der Waals surface area contributed by atoms with Crippen LogP contribution < -0.4 is 10.6 Å². The van der Waals surface area contributed by atoms with E-state index >= 15 is 0 Å². The first-order valence-electron chi connectivity index (χ1n) is 5.96. The van der Waals surface area contributed by atoms with Gasteiger partial charge in [-0.15, -0.1) is 0 Å². The molecular weight excluding hydrogens is 327 g/mol. The van der Waals surface area contributed by atoms with Gasteiger partial charge in [-0.3, -0.25) is 4.79 Å². The van der Waals surface area contributed by atoms with Crippen LogP contribution in [0.15, 0.2) is 24.3 Å². The van der Waals surface area contributed by atoms with E-state index in [1.54, 1.807) is 0 Å². The van der Waals surface area contributed by atoms with Crippen LogP contribution in [0.2, 0.25) is 0 Å². The zero-order valence-corrected chi connectivity index (χ0v) is 12.0. The van der Waals surface area contributed by atoms with Gasteiger partial charge in [0.05, 0.1) is 6.04 Å². The van der Waals surface area contributed by atoms with Gasteiger partial charge < -0.3 is 10.6 Å². The number of amides is 1. The standard InChI is InChI=1S/C13H17IN2O/c1-9-4-3-7-15-12(9)13(17)16-11-6-2-5-10(14)8-11/h2,5-6,8-9,12,15H,3-4,7H2,1H3,(H,16,17). The molecule has 1 fully saturated rings. The molecule has 1 aromatic rings. The Morgan fingerprint density at radius 3 is 3.06 bits per heavy atom. The number of piperidine rings is 1. The van der Waals surface area contributed by atoms with Crippen molar-refractivity contribution in [1.29, 1.82) is 0 Å². The van der Waals surface area contributed by atoms with Gasteiger partial charge in [-0.05, 0) is 66.1 Å². The van der Waals surface area contributed by atoms with Gasteiger partial charge in [0.15, 0.2) is 0 Å². The van der Waals surface area contributed by atoms with Crippen molar-refractivity contribution in [3.63, 3.8) is 0 Å². The first-order valence-corrected chi connectivity index (χ1v) is 7.04. The largest absolute Gasteiger partial charge is 0.325 e. The van der Waals surface area contributed by atoms with E-state index in [4.69, 9.17) is 0 Å². The maximum absolute atomic E-state index is 12.1. The lowest BCUT2D eigenvalue weighted by molar-refractivity contribution is -0.119. The fraction of sp³-hybridized carbons (Fsp3) is 0.462. The molecule has 2 rings (SSSR count). The third kappa shape index (κ3) is 3.42. The highest BCUT2D eigenvalue weighted by Gasteiger charge is 2.27. The summed E-state index contributed by atoms with van der Waals surface area (Å²) < 4.78 is 1.13. The lowest BCUT2D eigenvalue weighted by Gasteiger charge is -2.28. The Bertz CT molecular complexity index is 408. The lowest BCUT2D eigenvalue weighted by atomic mass is 9.92. The van der Waals surface area contributed by atoms with Gasteiger partial charge in [0.1, 0.15) is 0 Å². The van der Waals surface area contributed by atoms with Crippen LogP contribution in [0, 0.1) is 9.49 Å². The molecule has 1 aliphatic rings. The number of carbonyl (C=O) groups excluding carboxylic acids is 1. The van der Waals surface area contributed by atoms with Crippen molar-refractivity contribution in [2.24, 2.45) is 5.92 Å². The van der Waals surface area contributed by atoms with Crippen LogP contribution in [-0.2, 0) is 4.79 Å². The molecule has 0 radical (unpaired) electrons. The molecule has 0 saturated carbocycles. The number of carbonyl (C=O) groups is 1. The SMILES string of the molecule is CC1CCCNC1C(=O)Nc1cccc(I)c1. The van der Waals surface area contributed by atoms with E-state index in [1.165, 1.54) is 0 Å². The van der Waals surface area contributed by atoms with Gasteiger partial charge in [0, 0.05) is 9.26 Å². The van der Waals surface area contributed by atoms with Crippen LogP contribution in [0.25, 0.3) is 0 Å². The second kappa shape index (κ2) is 5.82. The summed E-state index contributed by atoms with van der Waals surface area (Å²) in [5.74, 6) is 0.491. The van der Waals surface area contributed by atoms with Crippen molar-refractivity contribution in [2.75, 3.05) is 11.9 Å². The van der Waals surface area contributed by atoms with Crippen molar-refractivity contribution in [3.05, 3.63) is 27.8 Å². The van der Waals surface area contributed by atoms with Crippen molar-refractivity contribution >= 4 is 34.2 Å². The molecule has 92 valence electrons. The van der Waals surface area contributed by atoms with Crippen molar-refractivity contribution < 1.29 is 4.79 Å². The maximum Gasteiger partial charge on any atom is 0.241 e. The van der Waals surface area contributed by atoms with E-state index in [9.17, 15) is 4.79 Å². The summed E-state index contributed by atoms with van der Waals surface area (Å²) in [6, 6.07) is 7.81. The van der Waals surface area contributed by atoms with E-state index in [-0.39, 0.29) is 11.9 Å². The van der Waals surface area contributed by atoms with Gasteiger partial charge in [-0.2, -0.15) is 0 Å². The van der Waals surface area contributed by atoms with Crippen LogP contribution in [0.5, 0.6) is 0 Å². The Morgan fingerprint density at radius 2 is 2.35 bits per heavy atom. The molecule has 0 spiro atoms. The Hall–Kier alpha value is -0.620. The van der Waals surface area contributed by atoms with Gasteiger partial charge in [0.2, 0.25) is 5.91 Å². The molecular formula is C13H17IN2O. The average molecular weight is 344 g/mol. The van der Waals surface area contributed by atoms with E-state index in [2.05, 4.69) is 40.1 Å². The first kappa shape index (κ1) is 12.8. The number of halogens is 1. The molecule has 1 heterocycles. The Kier molecular flexibility index (Phi) is 4.39. The van der Waals surface area contributed by atoms with E-state index < -0.39 is 0 Å².